The van der Waals surface area contributed by atoms with Crippen LogP contribution in [0.2, 0.25) is 0 Å². The van der Waals surface area contributed by atoms with Crippen LogP contribution in [0.5, 0.6) is 0 Å². The minimum atomic E-state index is -0.202. The van der Waals surface area contributed by atoms with Crippen LogP contribution in [0.25, 0.3) is 0 Å². The van der Waals surface area contributed by atoms with Crippen molar-refractivity contribution in [3.05, 3.63) is 58.0 Å². The zero-order valence-electron chi connectivity index (χ0n) is 13.0. The maximum absolute atomic E-state index is 12.2. The summed E-state index contributed by atoms with van der Waals surface area (Å²) in [5, 5.41) is 0.477. The smallest absolute Gasteiger partial charge is 0.251 e. The first-order valence-electron chi connectivity index (χ1n) is 8.03. The van der Waals surface area contributed by atoms with E-state index in [-0.39, 0.29) is 17.1 Å². The van der Waals surface area contributed by atoms with E-state index in [9.17, 15) is 9.59 Å². The summed E-state index contributed by atoms with van der Waals surface area (Å²) in [5.74, 6) is 0.980. The van der Waals surface area contributed by atoms with Crippen molar-refractivity contribution in [2.75, 3.05) is 5.75 Å². The molecule has 0 unspecified atom stereocenters. The number of aromatic amines is 1. The molecule has 0 radical (unpaired) electrons. The highest BCUT2D eigenvalue weighted by Gasteiger charge is 2.16. The number of carbonyl (C=O) groups excluding carboxylic acids is 1. The molecular formula is C18H20N2O2S. The van der Waals surface area contributed by atoms with Gasteiger partial charge in [0.05, 0.1) is 5.75 Å². The number of H-pyrrole nitrogens is 1. The third kappa shape index (κ3) is 4.32. The van der Waals surface area contributed by atoms with E-state index in [0.29, 0.717) is 11.1 Å². The quantitative estimate of drug-likeness (QED) is 0.515. The van der Waals surface area contributed by atoms with Crippen LogP contribution in [-0.4, -0.2) is 21.5 Å². The molecule has 0 spiro atoms. The van der Waals surface area contributed by atoms with Crippen LogP contribution in [0.1, 0.15) is 53.9 Å². The van der Waals surface area contributed by atoms with Gasteiger partial charge in [-0.3, -0.25) is 9.59 Å². The van der Waals surface area contributed by atoms with E-state index in [1.54, 1.807) is 0 Å². The van der Waals surface area contributed by atoms with E-state index < -0.39 is 0 Å². The normalized spacial score (nSPS) is 15.5. The summed E-state index contributed by atoms with van der Waals surface area (Å²) < 4.78 is 0. The fraction of sp³-hybridized carbons (Fsp3) is 0.389. The number of hydrogen-bond donors (Lipinski definition) is 1. The van der Waals surface area contributed by atoms with Gasteiger partial charge in [-0.05, 0) is 24.3 Å². The van der Waals surface area contributed by atoms with Crippen LogP contribution in [0.15, 0.2) is 46.5 Å². The Morgan fingerprint density at radius 1 is 1.13 bits per heavy atom. The molecule has 1 aliphatic carbocycles. The van der Waals surface area contributed by atoms with Gasteiger partial charge in [0.2, 0.25) is 0 Å². The van der Waals surface area contributed by atoms with E-state index in [1.165, 1.54) is 61.7 Å². The van der Waals surface area contributed by atoms with Crippen LogP contribution < -0.4 is 5.56 Å². The van der Waals surface area contributed by atoms with Gasteiger partial charge in [0.25, 0.3) is 5.56 Å². The van der Waals surface area contributed by atoms with Gasteiger partial charge >= 0.3 is 0 Å². The number of nitrogens with zero attached hydrogens (tertiary/aromatic N) is 1. The summed E-state index contributed by atoms with van der Waals surface area (Å²) >= 11 is 1.25. The molecule has 0 bridgehead atoms. The molecule has 1 N–H and O–H groups in total. The molecule has 0 saturated heterocycles. The largest absolute Gasteiger partial charge is 0.301 e. The number of ketones is 1. The number of thioether (sulfide) groups is 1. The molecule has 1 heterocycles. The van der Waals surface area contributed by atoms with Gasteiger partial charge in [0.15, 0.2) is 10.9 Å². The number of carbonyl (C=O) groups is 1. The molecular weight excluding hydrogens is 308 g/mol. The molecule has 23 heavy (non-hydrogen) atoms. The third-order valence-corrected chi connectivity index (χ3v) is 5.18. The topological polar surface area (TPSA) is 62.8 Å². The van der Waals surface area contributed by atoms with E-state index in [0.717, 1.165) is 5.56 Å². The maximum atomic E-state index is 12.2. The first-order valence-corrected chi connectivity index (χ1v) is 9.02. The first-order chi connectivity index (χ1) is 11.2. The lowest BCUT2D eigenvalue weighted by molar-refractivity contribution is 0.102. The van der Waals surface area contributed by atoms with E-state index >= 15 is 0 Å². The highest BCUT2D eigenvalue weighted by atomic mass is 32.2. The number of aromatic nitrogens is 2. The Labute approximate surface area is 139 Å². The lowest BCUT2D eigenvalue weighted by atomic mass is 9.84. The molecule has 1 saturated carbocycles. The van der Waals surface area contributed by atoms with Crippen molar-refractivity contribution < 1.29 is 4.79 Å². The second-order valence-corrected chi connectivity index (χ2v) is 6.87. The Morgan fingerprint density at radius 3 is 2.57 bits per heavy atom. The van der Waals surface area contributed by atoms with Crippen LogP contribution in [0.3, 0.4) is 0 Å². The number of rotatable bonds is 5. The predicted molar refractivity (Wildman–Crippen MR) is 92.2 cm³/mol. The van der Waals surface area contributed by atoms with Crippen molar-refractivity contribution in [2.45, 2.75) is 43.2 Å². The number of nitrogens with one attached hydrogen (secondary N) is 1. The SMILES string of the molecule is O=C(CSc1nccc(=O)[nH]1)c1ccc(C2CCCCC2)cc1. The molecule has 120 valence electrons. The molecule has 2 aromatic rings. The van der Waals surface area contributed by atoms with E-state index in [2.05, 4.69) is 22.1 Å². The van der Waals surface area contributed by atoms with Crippen molar-refractivity contribution in [1.29, 1.82) is 0 Å². The molecule has 1 aromatic carbocycles. The monoisotopic (exact) mass is 328 g/mol. The van der Waals surface area contributed by atoms with Crippen molar-refractivity contribution in [3.8, 4) is 0 Å². The first kappa shape index (κ1) is 16.0. The predicted octanol–water partition coefficient (Wildman–Crippen LogP) is 3.79. The van der Waals surface area contributed by atoms with Gasteiger partial charge in [-0.2, -0.15) is 0 Å². The molecule has 0 aliphatic heterocycles. The lowest BCUT2D eigenvalue weighted by Crippen LogP contribution is -2.08. The fourth-order valence-electron chi connectivity index (χ4n) is 3.02. The van der Waals surface area contributed by atoms with Gasteiger partial charge in [-0.25, -0.2) is 4.98 Å². The van der Waals surface area contributed by atoms with Gasteiger partial charge < -0.3 is 4.98 Å². The average Bonchev–Trinajstić information content (AvgIpc) is 2.61. The summed E-state index contributed by atoms with van der Waals surface area (Å²) in [6.07, 6.45) is 7.94. The Morgan fingerprint density at radius 2 is 1.87 bits per heavy atom. The Kier molecular flexibility index (Phi) is 5.28. The third-order valence-electron chi connectivity index (χ3n) is 4.30. The van der Waals surface area contributed by atoms with Crippen LogP contribution >= 0.6 is 11.8 Å². The summed E-state index contributed by atoms with van der Waals surface area (Å²) in [5.41, 5.74) is 1.87. The zero-order chi connectivity index (χ0) is 16.1. The van der Waals surface area contributed by atoms with Gasteiger partial charge in [-0.1, -0.05) is 55.3 Å². The number of benzene rings is 1. The molecule has 0 atom stereocenters. The fourth-order valence-corrected chi connectivity index (χ4v) is 3.76. The summed E-state index contributed by atoms with van der Waals surface area (Å²) in [6, 6.07) is 9.39. The summed E-state index contributed by atoms with van der Waals surface area (Å²) in [6.45, 7) is 0. The standard InChI is InChI=1S/C18H20N2O2S/c21-16(12-23-18-19-11-10-17(22)20-18)15-8-6-14(7-9-15)13-4-2-1-3-5-13/h6-11,13H,1-5,12H2,(H,19,20,22). The summed E-state index contributed by atoms with van der Waals surface area (Å²) in [7, 11) is 0. The van der Waals surface area contributed by atoms with E-state index in [4.69, 9.17) is 0 Å². The molecule has 5 heteroatoms. The molecule has 1 aliphatic rings. The van der Waals surface area contributed by atoms with Gasteiger partial charge in [0, 0.05) is 17.8 Å². The molecule has 1 fully saturated rings. The van der Waals surface area contributed by atoms with Crippen molar-refractivity contribution in [3.63, 3.8) is 0 Å². The average molecular weight is 328 g/mol. The van der Waals surface area contributed by atoms with Gasteiger partial charge in [-0.15, -0.1) is 0 Å². The van der Waals surface area contributed by atoms with E-state index in [1.807, 2.05) is 12.1 Å². The molecule has 0 amide bonds. The Bertz CT molecular complexity index is 718. The van der Waals surface area contributed by atoms with Crippen LogP contribution in [0, 0.1) is 0 Å². The highest BCUT2D eigenvalue weighted by Crippen LogP contribution is 2.32. The molecule has 3 rings (SSSR count). The minimum absolute atomic E-state index is 0.0525. The minimum Gasteiger partial charge on any atom is -0.301 e. The van der Waals surface area contributed by atoms with Crippen molar-refractivity contribution >= 4 is 17.5 Å². The van der Waals surface area contributed by atoms with Crippen molar-refractivity contribution in [2.24, 2.45) is 0 Å². The zero-order valence-corrected chi connectivity index (χ0v) is 13.8. The van der Waals surface area contributed by atoms with Crippen LogP contribution in [-0.2, 0) is 0 Å². The molecule has 1 aromatic heterocycles. The number of hydrogen-bond acceptors (Lipinski definition) is 4. The Balaban J connectivity index is 1.60. The second-order valence-electron chi connectivity index (χ2n) is 5.91. The second kappa shape index (κ2) is 7.59. The Hall–Kier alpha value is -1.88. The lowest BCUT2D eigenvalue weighted by Gasteiger charge is -2.22. The summed E-state index contributed by atoms with van der Waals surface area (Å²) in [4.78, 5) is 30.1. The molecule has 4 nitrogen and oxygen atoms in total. The van der Waals surface area contributed by atoms with Gasteiger partial charge in [0.1, 0.15) is 0 Å². The van der Waals surface area contributed by atoms with Crippen molar-refractivity contribution in [1.82, 2.24) is 9.97 Å². The highest BCUT2D eigenvalue weighted by molar-refractivity contribution is 7.99. The maximum Gasteiger partial charge on any atom is 0.251 e. The van der Waals surface area contributed by atoms with Crippen LogP contribution in [0.4, 0.5) is 0 Å². The number of Topliss-reactive ketones (excluding diaryl/α,β-unsaturated/α-hetero) is 1.